The molecule has 0 saturated carbocycles. The third kappa shape index (κ3) is 5.79. The van der Waals surface area contributed by atoms with Gasteiger partial charge in [0, 0.05) is 12.1 Å². The van der Waals surface area contributed by atoms with Gasteiger partial charge < -0.3 is 18.5 Å². The van der Waals surface area contributed by atoms with Crippen LogP contribution in [0.4, 0.5) is 0 Å². The number of furan rings is 1. The zero-order valence-electron chi connectivity index (χ0n) is 18.4. The van der Waals surface area contributed by atoms with Crippen LogP contribution in [0.1, 0.15) is 19.6 Å². The van der Waals surface area contributed by atoms with Gasteiger partial charge in [-0.15, -0.1) is 10.2 Å². The van der Waals surface area contributed by atoms with Gasteiger partial charge in [-0.3, -0.25) is 4.79 Å². The Bertz CT molecular complexity index is 1110. The number of allylic oxidation sites excluding steroid dienone is 1. The molecule has 1 N–H and O–H groups in total. The number of nitrogens with zero attached hydrogens (tertiary/aromatic N) is 4. The van der Waals surface area contributed by atoms with Gasteiger partial charge in [-0.1, -0.05) is 11.8 Å². The van der Waals surface area contributed by atoms with Gasteiger partial charge in [0.1, 0.15) is 5.76 Å². The van der Waals surface area contributed by atoms with Crippen LogP contribution in [0.3, 0.4) is 0 Å². The van der Waals surface area contributed by atoms with Gasteiger partial charge in [-0.05, 0) is 55.8 Å². The van der Waals surface area contributed by atoms with Crippen molar-refractivity contribution < 1.29 is 18.7 Å². The van der Waals surface area contributed by atoms with E-state index in [0.717, 1.165) is 16.9 Å². The van der Waals surface area contributed by atoms with Crippen LogP contribution < -0.4 is 14.9 Å². The topological polar surface area (TPSA) is 104 Å². The first-order valence-corrected chi connectivity index (χ1v) is 10.9. The average molecular weight is 456 g/mol. The molecule has 3 rings (SSSR count). The number of aromatic nitrogens is 3. The molecule has 0 aliphatic rings. The van der Waals surface area contributed by atoms with E-state index >= 15 is 0 Å². The number of ether oxygens (including phenoxy) is 2. The molecule has 32 heavy (non-hydrogen) atoms. The molecule has 9 nitrogen and oxygen atoms in total. The second-order valence-corrected chi connectivity index (χ2v) is 7.55. The maximum atomic E-state index is 12.2. The molecule has 0 aliphatic heterocycles. The Hall–Kier alpha value is -3.53. The molecule has 2 aromatic heterocycles. The molecule has 0 atom stereocenters. The van der Waals surface area contributed by atoms with Crippen molar-refractivity contribution in [1.29, 1.82) is 0 Å². The van der Waals surface area contributed by atoms with Crippen molar-refractivity contribution in [2.75, 3.05) is 20.0 Å². The van der Waals surface area contributed by atoms with Crippen LogP contribution in [0.25, 0.3) is 17.5 Å². The van der Waals surface area contributed by atoms with Gasteiger partial charge in [0.25, 0.3) is 5.91 Å². The summed E-state index contributed by atoms with van der Waals surface area (Å²) in [5.41, 5.74) is 4.21. The first-order chi connectivity index (χ1) is 15.5. The number of methoxy groups -OCH3 is 2. The zero-order valence-corrected chi connectivity index (χ0v) is 19.2. The average Bonchev–Trinajstić information content (AvgIpc) is 3.46. The van der Waals surface area contributed by atoms with E-state index in [1.807, 2.05) is 48.8 Å². The number of nitrogens with one attached hydrogen (secondary N) is 1. The van der Waals surface area contributed by atoms with Gasteiger partial charge in [0.2, 0.25) is 0 Å². The minimum Gasteiger partial charge on any atom is -0.493 e. The maximum absolute atomic E-state index is 12.2. The predicted octanol–water partition coefficient (Wildman–Crippen LogP) is 3.87. The lowest BCUT2D eigenvalue weighted by Crippen LogP contribution is -2.20. The Morgan fingerprint density at radius 3 is 2.75 bits per heavy atom. The second kappa shape index (κ2) is 11.2. The molecule has 0 unspecified atom stereocenters. The molecule has 2 heterocycles. The third-order valence-electron chi connectivity index (χ3n) is 4.38. The highest BCUT2D eigenvalue weighted by molar-refractivity contribution is 7.99. The SMILES string of the molecule is CCn1c(SCC(=O)N/N=C/C(C)=C\c2ccco2)nnc1-c1ccc(OC)c(OC)c1. The van der Waals surface area contributed by atoms with Crippen molar-refractivity contribution in [3.05, 3.63) is 47.9 Å². The highest BCUT2D eigenvalue weighted by Crippen LogP contribution is 2.32. The molecule has 0 bridgehead atoms. The first kappa shape index (κ1) is 23.1. The van der Waals surface area contributed by atoms with Crippen molar-refractivity contribution in [3.8, 4) is 22.9 Å². The summed E-state index contributed by atoms with van der Waals surface area (Å²) in [6, 6.07) is 9.21. The lowest BCUT2D eigenvalue weighted by atomic mass is 10.2. The molecule has 0 radical (unpaired) electrons. The van der Waals surface area contributed by atoms with Gasteiger partial charge in [-0.2, -0.15) is 5.10 Å². The summed E-state index contributed by atoms with van der Waals surface area (Å²) in [4.78, 5) is 12.2. The Morgan fingerprint density at radius 2 is 2.06 bits per heavy atom. The van der Waals surface area contributed by atoms with E-state index < -0.39 is 0 Å². The summed E-state index contributed by atoms with van der Waals surface area (Å²) in [6.45, 7) is 4.51. The third-order valence-corrected chi connectivity index (χ3v) is 5.34. The molecule has 0 saturated heterocycles. The van der Waals surface area contributed by atoms with E-state index in [1.165, 1.54) is 11.8 Å². The lowest BCUT2D eigenvalue weighted by Gasteiger charge is -2.10. The molecule has 0 aliphatic carbocycles. The fraction of sp³-hybridized carbons (Fsp3) is 0.273. The lowest BCUT2D eigenvalue weighted by molar-refractivity contribution is -0.118. The molecule has 1 amide bonds. The van der Waals surface area contributed by atoms with Crippen LogP contribution >= 0.6 is 11.8 Å². The Kier molecular flexibility index (Phi) is 8.09. The number of hydrogen-bond donors (Lipinski definition) is 1. The van der Waals surface area contributed by atoms with E-state index in [0.29, 0.717) is 29.0 Å². The molecule has 168 valence electrons. The number of carbonyl (C=O) groups is 1. The molecular weight excluding hydrogens is 430 g/mol. The fourth-order valence-electron chi connectivity index (χ4n) is 2.87. The first-order valence-electron chi connectivity index (χ1n) is 9.87. The van der Waals surface area contributed by atoms with Gasteiger partial charge in [-0.25, -0.2) is 5.43 Å². The second-order valence-electron chi connectivity index (χ2n) is 6.61. The highest BCUT2D eigenvalue weighted by Gasteiger charge is 2.16. The molecular formula is C22H25N5O4S. The zero-order chi connectivity index (χ0) is 22.9. The highest BCUT2D eigenvalue weighted by atomic mass is 32.2. The number of carbonyl (C=O) groups excluding carboxylic acids is 1. The van der Waals surface area contributed by atoms with Crippen molar-refractivity contribution in [3.63, 3.8) is 0 Å². The van der Waals surface area contributed by atoms with E-state index in [9.17, 15) is 4.79 Å². The van der Waals surface area contributed by atoms with E-state index in [1.54, 1.807) is 32.8 Å². The minimum absolute atomic E-state index is 0.155. The van der Waals surface area contributed by atoms with Crippen LogP contribution in [0.5, 0.6) is 11.5 Å². The summed E-state index contributed by atoms with van der Waals surface area (Å²) >= 11 is 1.29. The normalized spacial score (nSPS) is 11.7. The van der Waals surface area contributed by atoms with Crippen LogP contribution in [0.2, 0.25) is 0 Å². The summed E-state index contributed by atoms with van der Waals surface area (Å²) in [5, 5.41) is 13.2. The standard InChI is InChI=1S/C22H25N5O4S/c1-5-27-21(16-8-9-18(29-3)19(12-16)30-4)25-26-22(27)32-14-20(28)24-23-13-15(2)11-17-7-6-10-31-17/h6-13H,5,14H2,1-4H3,(H,24,28)/b15-11-,23-13+. The van der Waals surface area contributed by atoms with Gasteiger partial charge >= 0.3 is 0 Å². The molecule has 3 aromatic rings. The molecule has 10 heteroatoms. The summed E-state index contributed by atoms with van der Waals surface area (Å²) < 4.78 is 17.9. The predicted molar refractivity (Wildman–Crippen MR) is 124 cm³/mol. The number of amides is 1. The van der Waals surface area contributed by atoms with Crippen molar-refractivity contribution in [2.24, 2.45) is 5.10 Å². The maximum Gasteiger partial charge on any atom is 0.250 e. The van der Waals surface area contributed by atoms with Gasteiger partial charge in [0.15, 0.2) is 22.5 Å². The summed E-state index contributed by atoms with van der Waals surface area (Å²) in [6.07, 6.45) is 4.99. The van der Waals surface area contributed by atoms with Crippen molar-refractivity contribution in [1.82, 2.24) is 20.2 Å². The van der Waals surface area contributed by atoms with Crippen molar-refractivity contribution in [2.45, 2.75) is 25.5 Å². The largest absolute Gasteiger partial charge is 0.493 e. The quantitative estimate of drug-likeness (QED) is 0.281. The number of hydrazone groups is 1. The number of thioether (sulfide) groups is 1. The van der Waals surface area contributed by atoms with Crippen LogP contribution in [0.15, 0.2) is 56.8 Å². The van der Waals surface area contributed by atoms with Crippen LogP contribution in [-0.2, 0) is 11.3 Å². The van der Waals surface area contributed by atoms with Crippen LogP contribution in [0, 0.1) is 0 Å². The summed E-state index contributed by atoms with van der Waals surface area (Å²) in [5.74, 6) is 2.57. The Labute approximate surface area is 190 Å². The number of rotatable bonds is 10. The fourth-order valence-corrected chi connectivity index (χ4v) is 3.67. The van der Waals surface area contributed by atoms with E-state index in [2.05, 4.69) is 20.7 Å². The Morgan fingerprint density at radius 1 is 1.25 bits per heavy atom. The van der Waals surface area contributed by atoms with Crippen LogP contribution in [-0.4, -0.2) is 46.9 Å². The molecule has 0 fully saturated rings. The van der Waals surface area contributed by atoms with E-state index in [4.69, 9.17) is 13.9 Å². The molecule has 1 aromatic carbocycles. The number of hydrogen-bond acceptors (Lipinski definition) is 8. The van der Waals surface area contributed by atoms with Gasteiger partial charge in [0.05, 0.1) is 32.5 Å². The number of benzene rings is 1. The van der Waals surface area contributed by atoms with E-state index in [-0.39, 0.29) is 11.7 Å². The Balaban J connectivity index is 1.62. The smallest absolute Gasteiger partial charge is 0.250 e. The monoisotopic (exact) mass is 455 g/mol. The minimum atomic E-state index is -0.240. The summed E-state index contributed by atoms with van der Waals surface area (Å²) in [7, 11) is 3.18. The molecule has 0 spiro atoms. The van der Waals surface area contributed by atoms with Crippen molar-refractivity contribution >= 4 is 30.0 Å².